The topological polar surface area (TPSA) is 81.7 Å². The average molecular weight is 313 g/mol. The first kappa shape index (κ1) is 15.9. The number of methoxy groups -OCH3 is 1. The summed E-state index contributed by atoms with van der Waals surface area (Å²) in [5.74, 6) is -0.116. The molecule has 6 nitrogen and oxygen atoms in total. The van der Waals surface area contributed by atoms with Gasteiger partial charge in [0.15, 0.2) is 9.84 Å². The van der Waals surface area contributed by atoms with Crippen molar-refractivity contribution >= 4 is 21.4 Å². The van der Waals surface area contributed by atoms with E-state index in [4.69, 9.17) is 9.47 Å². The molecule has 0 saturated carbocycles. The zero-order chi connectivity index (χ0) is 15.3. The van der Waals surface area contributed by atoms with Crippen LogP contribution in [0, 0.1) is 5.92 Å². The predicted octanol–water partition coefficient (Wildman–Crippen LogP) is 1.08. The molecular formula is C14H19NO5S. The zero-order valence-electron chi connectivity index (χ0n) is 11.9. The predicted molar refractivity (Wildman–Crippen MR) is 77.9 cm³/mol. The van der Waals surface area contributed by atoms with E-state index in [1.54, 1.807) is 12.1 Å². The van der Waals surface area contributed by atoms with Crippen LogP contribution in [0.1, 0.15) is 6.42 Å². The molecule has 1 saturated heterocycles. The quantitative estimate of drug-likeness (QED) is 0.850. The molecule has 0 spiro atoms. The van der Waals surface area contributed by atoms with Crippen molar-refractivity contribution in [3.05, 3.63) is 24.3 Å². The van der Waals surface area contributed by atoms with Gasteiger partial charge in [0.05, 0.1) is 17.3 Å². The van der Waals surface area contributed by atoms with E-state index < -0.39 is 9.84 Å². The molecule has 7 heteroatoms. The number of sulfone groups is 1. The van der Waals surface area contributed by atoms with Gasteiger partial charge in [-0.15, -0.1) is 0 Å². The molecular weight excluding hydrogens is 294 g/mol. The third-order valence-corrected chi connectivity index (χ3v) is 5.15. The molecule has 1 fully saturated rings. The number of anilines is 1. The van der Waals surface area contributed by atoms with E-state index >= 15 is 0 Å². The van der Waals surface area contributed by atoms with Crippen molar-refractivity contribution in [3.8, 4) is 0 Å². The molecule has 1 heterocycles. The van der Waals surface area contributed by atoms with Gasteiger partial charge in [0.25, 0.3) is 0 Å². The summed E-state index contributed by atoms with van der Waals surface area (Å²) in [4.78, 5) is 11.6. The number of benzene rings is 1. The van der Waals surface area contributed by atoms with E-state index in [-0.39, 0.29) is 29.1 Å². The van der Waals surface area contributed by atoms with E-state index in [1.807, 2.05) is 0 Å². The second-order valence-electron chi connectivity index (χ2n) is 5.02. The van der Waals surface area contributed by atoms with Crippen molar-refractivity contribution in [2.45, 2.75) is 11.3 Å². The number of nitrogens with one attached hydrogen (secondary N) is 1. The summed E-state index contributed by atoms with van der Waals surface area (Å²) in [6.45, 7) is 1.09. The van der Waals surface area contributed by atoms with Crippen molar-refractivity contribution < 1.29 is 22.7 Å². The van der Waals surface area contributed by atoms with Gasteiger partial charge < -0.3 is 14.8 Å². The van der Waals surface area contributed by atoms with Crippen LogP contribution in [-0.4, -0.2) is 47.0 Å². The number of hydrogen-bond acceptors (Lipinski definition) is 5. The Bertz CT molecular complexity index is 576. The Morgan fingerprint density at radius 3 is 2.67 bits per heavy atom. The fraction of sp³-hybridized carbons (Fsp3) is 0.500. The zero-order valence-corrected chi connectivity index (χ0v) is 12.7. The first-order valence-electron chi connectivity index (χ1n) is 6.70. The normalized spacial score (nSPS) is 18.6. The monoisotopic (exact) mass is 313 g/mol. The summed E-state index contributed by atoms with van der Waals surface area (Å²) < 4.78 is 34.4. The number of amides is 1. The van der Waals surface area contributed by atoms with Crippen LogP contribution >= 0.6 is 0 Å². The second kappa shape index (κ2) is 7.02. The molecule has 1 unspecified atom stereocenters. The fourth-order valence-electron chi connectivity index (χ4n) is 2.20. The molecule has 1 aliphatic heterocycles. The van der Waals surface area contributed by atoms with Crippen molar-refractivity contribution in [1.29, 1.82) is 0 Å². The SMILES string of the molecule is COCC(=O)Nc1ccc(S(=O)(=O)CC2CCOC2)cc1. The van der Waals surface area contributed by atoms with Crippen LogP contribution in [0.15, 0.2) is 29.2 Å². The van der Waals surface area contributed by atoms with Crippen LogP contribution in [0.3, 0.4) is 0 Å². The molecule has 0 bridgehead atoms. The summed E-state index contributed by atoms with van der Waals surface area (Å²) >= 11 is 0. The van der Waals surface area contributed by atoms with Crippen molar-refractivity contribution in [2.75, 3.05) is 38.0 Å². The van der Waals surface area contributed by atoms with Crippen LogP contribution in [0.25, 0.3) is 0 Å². The van der Waals surface area contributed by atoms with Gasteiger partial charge in [-0.1, -0.05) is 0 Å². The molecule has 1 amide bonds. The highest BCUT2D eigenvalue weighted by Gasteiger charge is 2.24. The summed E-state index contributed by atoms with van der Waals surface area (Å²) in [6.07, 6.45) is 0.782. The maximum absolute atomic E-state index is 12.3. The number of carbonyl (C=O) groups excluding carboxylic acids is 1. The highest BCUT2D eigenvalue weighted by Crippen LogP contribution is 2.21. The van der Waals surface area contributed by atoms with E-state index in [1.165, 1.54) is 19.2 Å². The Labute approximate surface area is 124 Å². The molecule has 116 valence electrons. The van der Waals surface area contributed by atoms with Gasteiger partial charge >= 0.3 is 0 Å². The van der Waals surface area contributed by atoms with Crippen LogP contribution < -0.4 is 5.32 Å². The number of hydrogen-bond donors (Lipinski definition) is 1. The van der Waals surface area contributed by atoms with Crippen LogP contribution in [0.4, 0.5) is 5.69 Å². The lowest BCUT2D eigenvalue weighted by atomic mass is 10.2. The van der Waals surface area contributed by atoms with Crippen molar-refractivity contribution in [1.82, 2.24) is 0 Å². The molecule has 1 aromatic rings. The van der Waals surface area contributed by atoms with Gasteiger partial charge in [-0.25, -0.2) is 8.42 Å². The van der Waals surface area contributed by atoms with E-state index in [0.717, 1.165) is 6.42 Å². The Hall–Kier alpha value is -1.44. The first-order valence-corrected chi connectivity index (χ1v) is 8.36. The largest absolute Gasteiger partial charge is 0.381 e. The summed E-state index contributed by atoms with van der Waals surface area (Å²) in [5, 5.41) is 2.62. The minimum absolute atomic E-state index is 0.0400. The minimum Gasteiger partial charge on any atom is -0.381 e. The number of ether oxygens (including phenoxy) is 2. The summed E-state index contributed by atoms with van der Waals surface area (Å²) in [6, 6.07) is 6.16. The second-order valence-corrected chi connectivity index (χ2v) is 7.05. The van der Waals surface area contributed by atoms with Crippen molar-refractivity contribution in [3.63, 3.8) is 0 Å². The lowest BCUT2D eigenvalue weighted by molar-refractivity contribution is -0.119. The lowest BCUT2D eigenvalue weighted by Crippen LogP contribution is -2.18. The van der Waals surface area contributed by atoms with Gasteiger partial charge in [-0.05, 0) is 36.6 Å². The molecule has 2 rings (SSSR count). The third kappa shape index (κ3) is 4.52. The molecule has 0 radical (unpaired) electrons. The highest BCUT2D eigenvalue weighted by atomic mass is 32.2. The molecule has 1 atom stereocenters. The Morgan fingerprint density at radius 2 is 2.10 bits per heavy atom. The molecule has 1 N–H and O–H groups in total. The smallest absolute Gasteiger partial charge is 0.250 e. The van der Waals surface area contributed by atoms with Gasteiger partial charge in [-0.2, -0.15) is 0 Å². The molecule has 0 aliphatic carbocycles. The maximum Gasteiger partial charge on any atom is 0.250 e. The standard InChI is InChI=1S/C14H19NO5S/c1-19-9-14(16)15-12-2-4-13(5-3-12)21(17,18)10-11-6-7-20-8-11/h2-5,11H,6-10H2,1H3,(H,15,16). The Balaban J connectivity index is 2.01. The highest BCUT2D eigenvalue weighted by molar-refractivity contribution is 7.91. The Morgan fingerprint density at radius 1 is 1.38 bits per heavy atom. The van der Waals surface area contributed by atoms with Gasteiger partial charge in [0.2, 0.25) is 5.91 Å². The van der Waals surface area contributed by atoms with E-state index in [2.05, 4.69) is 5.32 Å². The maximum atomic E-state index is 12.3. The van der Waals surface area contributed by atoms with Crippen molar-refractivity contribution in [2.24, 2.45) is 5.92 Å². The fourth-order valence-corrected chi connectivity index (χ4v) is 3.82. The van der Waals surface area contributed by atoms with Gasteiger partial charge in [0, 0.05) is 19.4 Å². The molecule has 0 aromatic heterocycles. The first-order chi connectivity index (χ1) is 10.0. The van der Waals surface area contributed by atoms with E-state index in [0.29, 0.717) is 18.9 Å². The molecule has 21 heavy (non-hydrogen) atoms. The Kier molecular flexibility index (Phi) is 5.33. The summed E-state index contributed by atoms with van der Waals surface area (Å²) in [5.41, 5.74) is 0.542. The average Bonchev–Trinajstić information content (AvgIpc) is 2.91. The van der Waals surface area contributed by atoms with Crippen LogP contribution in [-0.2, 0) is 24.1 Å². The summed E-state index contributed by atoms with van der Waals surface area (Å²) in [7, 11) is -1.88. The van der Waals surface area contributed by atoms with Gasteiger partial charge in [-0.3, -0.25) is 4.79 Å². The molecule has 1 aliphatic rings. The van der Waals surface area contributed by atoms with Crippen LogP contribution in [0.5, 0.6) is 0 Å². The third-order valence-electron chi connectivity index (χ3n) is 3.25. The number of rotatable bonds is 6. The minimum atomic E-state index is -3.32. The lowest BCUT2D eigenvalue weighted by Gasteiger charge is -2.10. The van der Waals surface area contributed by atoms with Crippen LogP contribution in [0.2, 0.25) is 0 Å². The van der Waals surface area contributed by atoms with Gasteiger partial charge in [0.1, 0.15) is 6.61 Å². The van der Waals surface area contributed by atoms with E-state index in [9.17, 15) is 13.2 Å². The molecule has 1 aromatic carbocycles. The number of carbonyl (C=O) groups is 1.